The van der Waals surface area contributed by atoms with E-state index < -0.39 is 16.8 Å². The van der Waals surface area contributed by atoms with Crippen LogP contribution in [-0.4, -0.2) is 35.0 Å². The number of halogens is 1. The molecule has 130 valence electrons. The number of benzene rings is 1. The molecule has 0 saturated carbocycles. The quantitative estimate of drug-likeness (QED) is 0.515. The lowest BCUT2D eigenvalue weighted by atomic mass is 10.0. The molecule has 24 heavy (non-hydrogen) atoms. The molecule has 0 radical (unpaired) electrons. The molecule has 1 heterocycles. The first kappa shape index (κ1) is 17.7. The monoisotopic (exact) mass is 337 g/mol. The van der Waals surface area contributed by atoms with Crippen LogP contribution in [-0.2, 0) is 4.74 Å². The van der Waals surface area contributed by atoms with Gasteiger partial charge in [-0.1, -0.05) is 6.58 Å². The van der Waals surface area contributed by atoms with Crippen molar-refractivity contribution in [1.82, 2.24) is 4.90 Å². The first-order valence-corrected chi connectivity index (χ1v) is 7.61. The zero-order valence-electron chi connectivity index (χ0n) is 13.7. The molecule has 1 fully saturated rings. The van der Waals surface area contributed by atoms with Crippen molar-refractivity contribution in [3.05, 3.63) is 46.0 Å². The van der Waals surface area contributed by atoms with Gasteiger partial charge in [-0.25, -0.2) is 9.18 Å². The summed E-state index contributed by atoms with van der Waals surface area (Å²) in [6.45, 7) is 7.62. The van der Waals surface area contributed by atoms with Gasteiger partial charge in [0.05, 0.1) is 16.7 Å². The zero-order chi connectivity index (χ0) is 17.9. The highest BCUT2D eigenvalue weighted by Crippen LogP contribution is 2.29. The Bertz CT molecular complexity index is 670. The van der Waals surface area contributed by atoms with Gasteiger partial charge in [0.2, 0.25) is 0 Å². The maximum Gasteiger partial charge on any atom is 0.414 e. The molecule has 1 aromatic rings. The number of nitro groups is 1. The molecule has 0 atom stereocenters. The Hall–Kier alpha value is -2.64. The molecule has 2 rings (SSSR count). The van der Waals surface area contributed by atoms with Crippen LogP contribution in [0.3, 0.4) is 0 Å². The predicted octanol–water partition coefficient (Wildman–Crippen LogP) is 3.59. The van der Waals surface area contributed by atoms with Crippen molar-refractivity contribution < 1.29 is 18.8 Å². The van der Waals surface area contributed by atoms with Gasteiger partial charge in [-0.15, -0.1) is 0 Å². The molecule has 1 saturated heterocycles. The van der Waals surface area contributed by atoms with Crippen molar-refractivity contribution >= 4 is 17.5 Å². The fourth-order valence-corrected chi connectivity index (χ4v) is 2.58. The number of hydrogen-bond donors (Lipinski definition) is 1. The Morgan fingerprint density at radius 3 is 2.62 bits per heavy atom. The average molecular weight is 337 g/mol. The Balaban J connectivity index is 2.02. The number of anilines is 1. The highest BCUT2D eigenvalue weighted by molar-refractivity contribution is 5.69. The van der Waals surface area contributed by atoms with Gasteiger partial charge >= 0.3 is 6.09 Å². The van der Waals surface area contributed by atoms with Gasteiger partial charge in [0.1, 0.15) is 11.5 Å². The number of nitro benzene ring substituents is 1. The smallest absolute Gasteiger partial charge is 0.414 e. The average Bonchev–Trinajstić information content (AvgIpc) is 2.50. The summed E-state index contributed by atoms with van der Waals surface area (Å²) in [7, 11) is 0. The molecule has 1 aliphatic rings. The highest BCUT2D eigenvalue weighted by Gasteiger charge is 2.26. The summed E-state index contributed by atoms with van der Waals surface area (Å²) in [6.07, 6.45) is 0.780. The summed E-state index contributed by atoms with van der Waals surface area (Å²) in [5, 5.41) is 14.2. The minimum Gasteiger partial charge on any atom is -0.416 e. The molecule has 0 unspecified atom stereocenters. The number of ether oxygens (including phenoxy) is 1. The predicted molar refractivity (Wildman–Crippen MR) is 87.3 cm³/mol. The van der Waals surface area contributed by atoms with Crippen LogP contribution in [0.15, 0.2) is 24.5 Å². The highest BCUT2D eigenvalue weighted by atomic mass is 19.1. The summed E-state index contributed by atoms with van der Waals surface area (Å²) in [5.74, 6) is -0.276. The second-order valence-electron chi connectivity index (χ2n) is 5.85. The van der Waals surface area contributed by atoms with Crippen molar-refractivity contribution in [3.8, 4) is 0 Å². The normalized spacial score (nSPS) is 15.0. The fourth-order valence-electron chi connectivity index (χ4n) is 2.58. The van der Waals surface area contributed by atoms with Crippen LogP contribution >= 0.6 is 0 Å². The largest absolute Gasteiger partial charge is 0.416 e. The maximum atomic E-state index is 13.5. The van der Waals surface area contributed by atoms with Crippen LogP contribution in [0.4, 0.5) is 20.6 Å². The van der Waals surface area contributed by atoms with E-state index in [-0.39, 0.29) is 11.7 Å². The molecule has 7 nitrogen and oxygen atoms in total. The summed E-state index contributed by atoms with van der Waals surface area (Å²) >= 11 is 0. The number of hydrogen-bond acceptors (Lipinski definition) is 5. The van der Waals surface area contributed by atoms with Gasteiger partial charge in [0.25, 0.3) is 5.69 Å². The number of nitrogens with zero attached hydrogens (tertiary/aromatic N) is 2. The van der Waals surface area contributed by atoms with E-state index in [4.69, 9.17) is 4.74 Å². The number of allylic oxidation sites excluding steroid dienone is 1. The Labute approximate surface area is 139 Å². The lowest BCUT2D eigenvalue weighted by Crippen LogP contribution is -2.42. The molecule has 1 aliphatic heterocycles. The van der Waals surface area contributed by atoms with Crippen molar-refractivity contribution in [2.45, 2.75) is 32.7 Å². The van der Waals surface area contributed by atoms with Gasteiger partial charge in [-0.05, 0) is 38.3 Å². The van der Waals surface area contributed by atoms with E-state index in [1.165, 1.54) is 6.07 Å². The van der Waals surface area contributed by atoms with Gasteiger partial charge in [0, 0.05) is 19.1 Å². The van der Waals surface area contributed by atoms with Crippen LogP contribution < -0.4 is 5.32 Å². The van der Waals surface area contributed by atoms with Crippen LogP contribution in [0.1, 0.15) is 25.3 Å². The number of likely N-dealkylation sites (tertiary alicyclic amines) is 1. The van der Waals surface area contributed by atoms with E-state index in [0.29, 0.717) is 42.9 Å². The van der Waals surface area contributed by atoms with Crippen LogP contribution in [0.5, 0.6) is 0 Å². The molecule has 0 aromatic heterocycles. The maximum absolute atomic E-state index is 13.5. The Kier molecular flexibility index (Phi) is 5.38. The number of nitrogens with one attached hydrogen (secondary N) is 1. The van der Waals surface area contributed by atoms with E-state index in [1.807, 2.05) is 0 Å². The lowest BCUT2D eigenvalue weighted by molar-refractivity contribution is -0.384. The molecule has 0 bridgehead atoms. The van der Waals surface area contributed by atoms with Crippen molar-refractivity contribution in [3.63, 3.8) is 0 Å². The summed E-state index contributed by atoms with van der Waals surface area (Å²) in [5.41, 5.74) is 0.342. The van der Waals surface area contributed by atoms with Crippen LogP contribution in [0.2, 0.25) is 0 Å². The van der Waals surface area contributed by atoms with E-state index >= 15 is 0 Å². The topological polar surface area (TPSA) is 84.7 Å². The van der Waals surface area contributed by atoms with Gasteiger partial charge < -0.3 is 15.0 Å². The number of aryl methyl sites for hydroxylation is 1. The van der Waals surface area contributed by atoms with Crippen molar-refractivity contribution in [2.24, 2.45) is 0 Å². The molecule has 1 aromatic carbocycles. The molecule has 0 aliphatic carbocycles. The minimum atomic E-state index is -0.607. The molecule has 1 amide bonds. The van der Waals surface area contributed by atoms with Crippen LogP contribution in [0, 0.1) is 22.9 Å². The van der Waals surface area contributed by atoms with E-state index in [2.05, 4.69) is 11.9 Å². The second-order valence-corrected chi connectivity index (χ2v) is 5.85. The third-order valence-electron chi connectivity index (χ3n) is 3.85. The molecular weight excluding hydrogens is 317 g/mol. The summed E-state index contributed by atoms with van der Waals surface area (Å²) < 4.78 is 18.5. The summed E-state index contributed by atoms with van der Waals surface area (Å²) in [6, 6.07) is 2.33. The fraction of sp³-hybridized carbons (Fsp3) is 0.438. The number of rotatable bonds is 4. The number of piperidine rings is 1. The minimum absolute atomic E-state index is 0.0394. The number of carbonyl (C=O) groups is 1. The van der Waals surface area contributed by atoms with Crippen molar-refractivity contribution in [2.75, 3.05) is 18.4 Å². The number of carbonyl (C=O) groups excluding carboxylic acids is 1. The Morgan fingerprint density at radius 2 is 2.08 bits per heavy atom. The SMILES string of the molecule is C=C(C)OC(=O)N1CCC(Nc2cc(C)c(F)cc2[N+](=O)[O-])CC1. The third kappa shape index (κ3) is 4.21. The van der Waals surface area contributed by atoms with Crippen molar-refractivity contribution in [1.29, 1.82) is 0 Å². The summed E-state index contributed by atoms with van der Waals surface area (Å²) in [4.78, 5) is 23.8. The number of amides is 1. The first-order chi connectivity index (χ1) is 11.3. The standard InChI is InChI=1S/C16H20FN3O4/c1-10(2)24-16(21)19-6-4-12(5-7-19)18-14-8-11(3)13(17)9-15(14)20(22)23/h8-9,12,18H,1,4-7H2,2-3H3. The van der Waals surface area contributed by atoms with E-state index in [9.17, 15) is 19.3 Å². The zero-order valence-corrected chi connectivity index (χ0v) is 13.7. The second kappa shape index (κ2) is 7.29. The molecule has 8 heteroatoms. The molecule has 0 spiro atoms. The Morgan fingerprint density at radius 1 is 1.46 bits per heavy atom. The lowest BCUT2D eigenvalue weighted by Gasteiger charge is -2.32. The van der Waals surface area contributed by atoms with Gasteiger partial charge in [0.15, 0.2) is 0 Å². The van der Waals surface area contributed by atoms with Gasteiger partial charge in [-0.3, -0.25) is 10.1 Å². The van der Waals surface area contributed by atoms with Crippen LogP contribution in [0.25, 0.3) is 0 Å². The van der Waals surface area contributed by atoms with Gasteiger partial charge in [-0.2, -0.15) is 0 Å². The molecular formula is C16H20FN3O4. The van der Waals surface area contributed by atoms with E-state index in [0.717, 1.165) is 6.07 Å². The third-order valence-corrected chi connectivity index (χ3v) is 3.85. The molecule has 1 N–H and O–H groups in total. The van der Waals surface area contributed by atoms with E-state index in [1.54, 1.807) is 18.7 Å². The first-order valence-electron chi connectivity index (χ1n) is 7.61.